The Balaban J connectivity index is 1.32. The summed E-state index contributed by atoms with van der Waals surface area (Å²) in [5.41, 5.74) is 3.57. The minimum absolute atomic E-state index is 0.261. The Morgan fingerprint density at radius 3 is 2.51 bits per heavy atom. The summed E-state index contributed by atoms with van der Waals surface area (Å²) in [4.78, 5) is 32.2. The SMILES string of the molecule is COc1cc2c(cc1OC)CN(C(=O)COC(=O)c1cc(-c3ccco3)nc3ccccc13)CC2. The van der Waals surface area contributed by atoms with Gasteiger partial charge in [-0.3, -0.25) is 4.79 Å². The molecule has 8 nitrogen and oxygen atoms in total. The predicted molar refractivity (Wildman–Crippen MR) is 128 cm³/mol. The van der Waals surface area contributed by atoms with Crippen LogP contribution in [-0.4, -0.2) is 49.1 Å². The molecule has 3 heterocycles. The molecule has 1 aliphatic heterocycles. The van der Waals surface area contributed by atoms with E-state index in [9.17, 15) is 9.59 Å². The molecule has 2 aromatic carbocycles. The molecule has 178 valence electrons. The topological polar surface area (TPSA) is 91.1 Å². The van der Waals surface area contributed by atoms with Crippen LogP contribution in [0.4, 0.5) is 0 Å². The molecule has 0 N–H and O–H groups in total. The number of carbonyl (C=O) groups excluding carboxylic acids is 2. The lowest BCUT2D eigenvalue weighted by Gasteiger charge is -2.29. The summed E-state index contributed by atoms with van der Waals surface area (Å²) in [5.74, 6) is 0.972. The molecule has 0 saturated carbocycles. The van der Waals surface area contributed by atoms with Gasteiger partial charge in [0.05, 0.1) is 31.6 Å². The van der Waals surface area contributed by atoms with Crippen molar-refractivity contribution < 1.29 is 28.2 Å². The van der Waals surface area contributed by atoms with E-state index in [-0.39, 0.29) is 12.5 Å². The van der Waals surface area contributed by atoms with E-state index in [1.165, 1.54) is 0 Å². The molecule has 0 bridgehead atoms. The number of hydrogen-bond donors (Lipinski definition) is 0. The molecule has 0 atom stereocenters. The van der Waals surface area contributed by atoms with Crippen molar-refractivity contribution in [3.63, 3.8) is 0 Å². The Hall–Kier alpha value is -4.33. The van der Waals surface area contributed by atoms with Crippen molar-refractivity contribution in [2.24, 2.45) is 0 Å². The second-order valence-electron chi connectivity index (χ2n) is 8.17. The van der Waals surface area contributed by atoms with Gasteiger partial charge in [0, 0.05) is 18.5 Å². The first kappa shape index (κ1) is 22.5. The molecule has 0 aliphatic carbocycles. The maximum atomic E-state index is 13.0. The average Bonchev–Trinajstić information content (AvgIpc) is 3.45. The van der Waals surface area contributed by atoms with Gasteiger partial charge in [0.1, 0.15) is 5.69 Å². The lowest BCUT2D eigenvalue weighted by molar-refractivity contribution is -0.135. The number of furan rings is 1. The minimum Gasteiger partial charge on any atom is -0.493 e. The van der Waals surface area contributed by atoms with Crippen molar-refractivity contribution in [3.05, 3.63) is 77.6 Å². The smallest absolute Gasteiger partial charge is 0.339 e. The van der Waals surface area contributed by atoms with Gasteiger partial charge in [0.25, 0.3) is 5.91 Å². The zero-order chi connectivity index (χ0) is 24.4. The molecule has 1 amide bonds. The summed E-state index contributed by atoms with van der Waals surface area (Å²) in [5, 5.41) is 0.646. The quantitative estimate of drug-likeness (QED) is 0.388. The van der Waals surface area contributed by atoms with Gasteiger partial charge >= 0.3 is 5.97 Å². The lowest BCUT2D eigenvalue weighted by atomic mass is 9.99. The van der Waals surface area contributed by atoms with Crippen molar-refractivity contribution >= 4 is 22.8 Å². The molecule has 0 radical (unpaired) electrons. The first-order chi connectivity index (χ1) is 17.1. The number of rotatable bonds is 6. The number of benzene rings is 2. The molecule has 8 heteroatoms. The number of para-hydroxylation sites is 1. The third-order valence-corrected chi connectivity index (χ3v) is 6.11. The van der Waals surface area contributed by atoms with Gasteiger partial charge < -0.3 is 23.5 Å². The fraction of sp³-hybridized carbons (Fsp3) is 0.222. The summed E-state index contributed by atoms with van der Waals surface area (Å²) < 4.78 is 21.7. The van der Waals surface area contributed by atoms with Gasteiger partial charge in [0.2, 0.25) is 0 Å². The fourth-order valence-corrected chi connectivity index (χ4v) is 4.29. The Bertz CT molecular complexity index is 1400. The van der Waals surface area contributed by atoms with Gasteiger partial charge in [-0.2, -0.15) is 0 Å². The van der Waals surface area contributed by atoms with Crippen LogP contribution in [0.5, 0.6) is 11.5 Å². The number of hydrogen-bond acceptors (Lipinski definition) is 7. The summed E-state index contributed by atoms with van der Waals surface area (Å²) in [7, 11) is 3.18. The number of fused-ring (bicyclic) bond motifs is 2. The number of aromatic nitrogens is 1. The molecule has 0 saturated heterocycles. The normalized spacial score (nSPS) is 12.8. The van der Waals surface area contributed by atoms with Crippen LogP contribution in [0, 0.1) is 0 Å². The molecule has 35 heavy (non-hydrogen) atoms. The van der Waals surface area contributed by atoms with Crippen LogP contribution in [0.25, 0.3) is 22.4 Å². The van der Waals surface area contributed by atoms with Crippen LogP contribution in [-0.2, 0) is 22.5 Å². The molecule has 0 spiro atoms. The summed E-state index contributed by atoms with van der Waals surface area (Å²) in [6.45, 7) is 0.584. The van der Waals surface area contributed by atoms with E-state index in [4.69, 9.17) is 18.6 Å². The number of nitrogens with zero attached hydrogens (tertiary/aromatic N) is 2. The minimum atomic E-state index is -0.589. The van der Waals surface area contributed by atoms with Crippen LogP contribution in [0.15, 0.2) is 65.3 Å². The Kier molecular flexibility index (Phi) is 6.10. The van der Waals surface area contributed by atoms with E-state index in [2.05, 4.69) is 4.98 Å². The Morgan fingerprint density at radius 1 is 1.00 bits per heavy atom. The number of pyridine rings is 1. The first-order valence-corrected chi connectivity index (χ1v) is 11.2. The molecule has 2 aromatic heterocycles. The van der Waals surface area contributed by atoms with E-state index >= 15 is 0 Å². The number of carbonyl (C=O) groups is 2. The number of methoxy groups -OCH3 is 2. The predicted octanol–water partition coefficient (Wildman–Crippen LogP) is 4.25. The van der Waals surface area contributed by atoms with E-state index in [1.54, 1.807) is 49.6 Å². The zero-order valence-corrected chi connectivity index (χ0v) is 19.4. The van der Waals surface area contributed by atoms with E-state index in [0.29, 0.717) is 58.9 Å². The Labute approximate surface area is 202 Å². The third kappa shape index (κ3) is 4.42. The highest BCUT2D eigenvalue weighted by Gasteiger charge is 2.24. The number of ether oxygens (including phenoxy) is 3. The molecule has 1 aliphatic rings. The van der Waals surface area contributed by atoms with E-state index < -0.39 is 5.97 Å². The molecule has 5 rings (SSSR count). The van der Waals surface area contributed by atoms with E-state index in [0.717, 1.165) is 11.1 Å². The standard InChI is InChI=1S/C27H24N2O6/c1-32-24-12-17-9-10-29(15-18(17)13-25(24)33-2)26(30)16-35-27(31)20-14-22(23-8-5-11-34-23)28-21-7-4-3-6-19(20)21/h3-8,11-14H,9-10,15-16H2,1-2H3. The highest BCUT2D eigenvalue weighted by molar-refractivity contribution is 6.05. The van der Waals surface area contributed by atoms with Gasteiger partial charge in [0.15, 0.2) is 23.9 Å². The second kappa shape index (κ2) is 9.50. The van der Waals surface area contributed by atoms with Crippen molar-refractivity contribution in [2.75, 3.05) is 27.4 Å². The van der Waals surface area contributed by atoms with Gasteiger partial charge in [-0.25, -0.2) is 9.78 Å². The lowest BCUT2D eigenvalue weighted by Crippen LogP contribution is -2.38. The maximum Gasteiger partial charge on any atom is 0.339 e. The van der Waals surface area contributed by atoms with Gasteiger partial charge in [-0.15, -0.1) is 0 Å². The molecule has 0 unspecified atom stereocenters. The average molecular weight is 472 g/mol. The number of esters is 1. The van der Waals surface area contributed by atoms with Gasteiger partial charge in [-0.05, 0) is 53.9 Å². The van der Waals surface area contributed by atoms with E-state index in [1.807, 2.05) is 30.3 Å². The van der Waals surface area contributed by atoms with Crippen molar-refractivity contribution in [1.29, 1.82) is 0 Å². The monoisotopic (exact) mass is 472 g/mol. The van der Waals surface area contributed by atoms with Crippen LogP contribution < -0.4 is 9.47 Å². The van der Waals surface area contributed by atoms with Crippen molar-refractivity contribution in [2.45, 2.75) is 13.0 Å². The molecule has 0 fully saturated rings. The zero-order valence-electron chi connectivity index (χ0n) is 19.4. The third-order valence-electron chi connectivity index (χ3n) is 6.11. The Morgan fingerprint density at radius 2 is 1.77 bits per heavy atom. The van der Waals surface area contributed by atoms with Crippen LogP contribution in [0.1, 0.15) is 21.5 Å². The molecular weight excluding hydrogens is 448 g/mol. The first-order valence-electron chi connectivity index (χ1n) is 11.2. The highest BCUT2D eigenvalue weighted by atomic mass is 16.5. The largest absolute Gasteiger partial charge is 0.493 e. The second-order valence-corrected chi connectivity index (χ2v) is 8.17. The number of amides is 1. The highest BCUT2D eigenvalue weighted by Crippen LogP contribution is 2.33. The summed E-state index contributed by atoms with van der Waals surface area (Å²) in [6.07, 6.45) is 2.22. The maximum absolute atomic E-state index is 13.0. The van der Waals surface area contributed by atoms with Crippen LogP contribution in [0.3, 0.4) is 0 Å². The summed E-state index contributed by atoms with van der Waals surface area (Å²) in [6, 6.07) is 16.3. The van der Waals surface area contributed by atoms with Crippen LogP contribution in [0.2, 0.25) is 0 Å². The molecule has 4 aromatic rings. The van der Waals surface area contributed by atoms with Crippen molar-refractivity contribution in [3.8, 4) is 23.0 Å². The molecular formula is C27H24N2O6. The fourth-order valence-electron chi connectivity index (χ4n) is 4.29. The van der Waals surface area contributed by atoms with Gasteiger partial charge in [-0.1, -0.05) is 18.2 Å². The van der Waals surface area contributed by atoms with Crippen LogP contribution >= 0.6 is 0 Å². The van der Waals surface area contributed by atoms with Crippen molar-refractivity contribution in [1.82, 2.24) is 9.88 Å². The summed E-state index contributed by atoms with van der Waals surface area (Å²) >= 11 is 0.